The van der Waals surface area contributed by atoms with Crippen LogP contribution in [0.3, 0.4) is 0 Å². The van der Waals surface area contributed by atoms with Gasteiger partial charge in [0.15, 0.2) is 0 Å². The van der Waals surface area contributed by atoms with Crippen molar-refractivity contribution < 1.29 is 32.1 Å². The SMILES string of the molecule is CN(C)CCNCc1ccccc1[O-].O=C([O-])c1ccccn1.[Cu+2]. The number of pyridine rings is 1. The monoisotopic (exact) mass is 378 g/mol. The Morgan fingerprint density at radius 1 is 1.17 bits per heavy atom. The molecule has 1 heterocycles. The number of rotatable bonds is 6. The first-order valence-electron chi connectivity index (χ1n) is 7.23. The van der Waals surface area contributed by atoms with Gasteiger partial charge < -0.3 is 25.2 Å². The first-order valence-corrected chi connectivity index (χ1v) is 7.23. The molecule has 1 N–H and O–H groups in total. The molecule has 0 fully saturated rings. The molecule has 2 aromatic rings. The summed E-state index contributed by atoms with van der Waals surface area (Å²) in [5.41, 5.74) is 0.809. The Balaban J connectivity index is 0.000000460. The largest absolute Gasteiger partial charge is 2.00 e. The number of para-hydroxylation sites is 1. The van der Waals surface area contributed by atoms with E-state index in [4.69, 9.17) is 0 Å². The van der Waals surface area contributed by atoms with E-state index in [2.05, 4.69) is 15.2 Å². The van der Waals surface area contributed by atoms with E-state index in [9.17, 15) is 15.0 Å². The Morgan fingerprint density at radius 2 is 1.83 bits per heavy atom. The van der Waals surface area contributed by atoms with Crippen molar-refractivity contribution >= 4 is 5.97 Å². The van der Waals surface area contributed by atoms with Crippen LogP contribution in [0.5, 0.6) is 5.75 Å². The van der Waals surface area contributed by atoms with Crippen molar-refractivity contribution in [2.24, 2.45) is 0 Å². The minimum absolute atomic E-state index is 0. The van der Waals surface area contributed by atoms with Gasteiger partial charge in [-0.05, 0) is 31.8 Å². The van der Waals surface area contributed by atoms with Gasteiger partial charge in [0.2, 0.25) is 0 Å². The van der Waals surface area contributed by atoms with Crippen LogP contribution in [0.25, 0.3) is 0 Å². The molecule has 0 saturated carbocycles. The van der Waals surface area contributed by atoms with E-state index in [0.717, 1.165) is 18.7 Å². The summed E-state index contributed by atoms with van der Waals surface area (Å²) >= 11 is 0. The van der Waals surface area contributed by atoms with Crippen molar-refractivity contribution in [1.29, 1.82) is 0 Å². The van der Waals surface area contributed by atoms with Gasteiger partial charge >= 0.3 is 17.1 Å². The Morgan fingerprint density at radius 3 is 2.33 bits per heavy atom. The van der Waals surface area contributed by atoms with Gasteiger partial charge in [0.1, 0.15) is 0 Å². The summed E-state index contributed by atoms with van der Waals surface area (Å²) in [7, 11) is 4.06. The number of nitrogens with one attached hydrogen (secondary N) is 1. The molecule has 0 aliphatic heterocycles. The third kappa shape index (κ3) is 9.27. The van der Waals surface area contributed by atoms with Crippen LogP contribution >= 0.6 is 0 Å². The molecule has 0 bridgehead atoms. The Bertz CT molecular complexity index is 595. The van der Waals surface area contributed by atoms with Crippen LogP contribution in [0.4, 0.5) is 0 Å². The number of carboxylic acids is 1. The average Bonchev–Trinajstić information content (AvgIpc) is 2.54. The summed E-state index contributed by atoms with van der Waals surface area (Å²) in [6, 6.07) is 11.8. The molecule has 1 aromatic carbocycles. The standard InChI is InChI=1S/C11H18N2O.C6H5NO2.Cu/c1-13(2)8-7-12-9-10-5-3-4-6-11(10)14;8-6(9)5-3-1-2-4-7-5;/h3-6,12,14H,7-9H2,1-2H3;1-4H,(H,8,9);/q;;+2/p-2. The molecule has 0 saturated heterocycles. The van der Waals surface area contributed by atoms with Gasteiger partial charge in [-0.3, -0.25) is 4.98 Å². The van der Waals surface area contributed by atoms with Gasteiger partial charge in [0.05, 0.1) is 11.7 Å². The van der Waals surface area contributed by atoms with Gasteiger partial charge in [-0.15, -0.1) is 5.75 Å². The van der Waals surface area contributed by atoms with Gasteiger partial charge in [-0.2, -0.15) is 0 Å². The Labute approximate surface area is 153 Å². The van der Waals surface area contributed by atoms with Gasteiger partial charge in [-0.1, -0.05) is 30.3 Å². The zero-order chi connectivity index (χ0) is 17.1. The predicted octanol–water partition coefficient (Wildman–Crippen LogP) is -0.146. The molecule has 0 aliphatic rings. The van der Waals surface area contributed by atoms with Crippen LogP contribution in [0.1, 0.15) is 16.1 Å². The first kappa shape index (κ1) is 22.1. The number of likely N-dealkylation sites (N-methyl/N-ethyl adjacent to an activating group) is 1. The second kappa shape index (κ2) is 12.5. The third-order valence-corrected chi connectivity index (χ3v) is 2.90. The van der Waals surface area contributed by atoms with Crippen molar-refractivity contribution in [1.82, 2.24) is 15.2 Å². The molecule has 7 heteroatoms. The zero-order valence-electron chi connectivity index (χ0n) is 13.7. The molecule has 0 unspecified atom stereocenters. The maximum absolute atomic E-state index is 11.3. The molecule has 0 spiro atoms. The number of benzene rings is 1. The second-order valence-electron chi connectivity index (χ2n) is 5.09. The Kier molecular flexibility index (Phi) is 11.5. The Hall–Kier alpha value is -1.92. The van der Waals surface area contributed by atoms with Crippen molar-refractivity contribution in [3.63, 3.8) is 0 Å². The van der Waals surface area contributed by atoms with Gasteiger partial charge in [0.25, 0.3) is 0 Å². The van der Waals surface area contributed by atoms with Crippen LogP contribution in [0.2, 0.25) is 0 Å². The number of hydrogen-bond acceptors (Lipinski definition) is 6. The fraction of sp³-hybridized carbons (Fsp3) is 0.294. The molecule has 0 aliphatic carbocycles. The van der Waals surface area contributed by atoms with E-state index < -0.39 is 5.97 Å². The molecule has 6 nitrogen and oxygen atoms in total. The zero-order valence-corrected chi connectivity index (χ0v) is 14.6. The average molecular weight is 379 g/mol. The normalized spacial score (nSPS) is 9.62. The summed E-state index contributed by atoms with van der Waals surface area (Å²) < 4.78 is 0. The summed E-state index contributed by atoms with van der Waals surface area (Å²) in [6.45, 7) is 2.55. The molecule has 0 amide bonds. The van der Waals surface area contributed by atoms with Crippen molar-refractivity contribution in [3.8, 4) is 5.75 Å². The fourth-order valence-corrected chi connectivity index (χ4v) is 1.66. The molecular formula is C17H21CuN3O3. The quantitative estimate of drug-likeness (QED) is 0.555. The fourth-order valence-electron chi connectivity index (χ4n) is 1.66. The molecule has 24 heavy (non-hydrogen) atoms. The molecule has 1 aromatic heterocycles. The van der Waals surface area contributed by atoms with Gasteiger partial charge in [-0.25, -0.2) is 0 Å². The number of carbonyl (C=O) groups excluding carboxylic acids is 1. The summed E-state index contributed by atoms with van der Waals surface area (Å²) in [5.74, 6) is -1.12. The maximum Gasteiger partial charge on any atom is 2.00 e. The summed E-state index contributed by atoms with van der Waals surface area (Å²) in [6.07, 6.45) is 1.41. The molecule has 1 radical (unpaired) electrons. The number of carbonyl (C=O) groups is 1. The minimum atomic E-state index is -1.24. The predicted molar refractivity (Wildman–Crippen MR) is 84.7 cm³/mol. The van der Waals surface area contributed by atoms with Crippen LogP contribution in [0.15, 0.2) is 48.7 Å². The van der Waals surface area contributed by atoms with E-state index >= 15 is 0 Å². The maximum atomic E-state index is 11.3. The number of aromatic nitrogens is 1. The summed E-state index contributed by atoms with van der Waals surface area (Å²) in [4.78, 5) is 15.7. The molecular weight excluding hydrogens is 358 g/mol. The topological polar surface area (TPSA) is 91.3 Å². The molecule has 2 rings (SSSR count). The number of nitrogens with zero attached hydrogens (tertiary/aromatic N) is 2. The van der Waals surface area contributed by atoms with E-state index in [1.165, 1.54) is 12.3 Å². The summed E-state index contributed by atoms with van der Waals surface area (Å²) in [5, 5.41) is 24.6. The minimum Gasteiger partial charge on any atom is -0.872 e. The smallest absolute Gasteiger partial charge is 0.872 e. The number of aromatic carboxylic acids is 1. The van der Waals surface area contributed by atoms with Crippen LogP contribution in [-0.2, 0) is 23.6 Å². The number of carboxylic acid groups (broad SMARTS) is 1. The number of hydrogen-bond donors (Lipinski definition) is 1. The van der Waals surface area contributed by atoms with Crippen LogP contribution in [0, 0.1) is 0 Å². The van der Waals surface area contributed by atoms with E-state index in [1.807, 2.05) is 26.2 Å². The van der Waals surface area contributed by atoms with Crippen molar-refractivity contribution in [2.75, 3.05) is 27.2 Å². The second-order valence-corrected chi connectivity index (χ2v) is 5.09. The van der Waals surface area contributed by atoms with E-state index in [-0.39, 0.29) is 28.5 Å². The third-order valence-electron chi connectivity index (χ3n) is 2.90. The van der Waals surface area contributed by atoms with Crippen LogP contribution in [-0.4, -0.2) is 43.0 Å². The molecule has 133 valence electrons. The van der Waals surface area contributed by atoms with E-state index in [0.29, 0.717) is 6.54 Å². The van der Waals surface area contributed by atoms with Gasteiger partial charge in [0, 0.05) is 25.8 Å². The molecule has 0 atom stereocenters. The van der Waals surface area contributed by atoms with Crippen molar-refractivity contribution in [2.45, 2.75) is 6.54 Å². The van der Waals surface area contributed by atoms with Crippen molar-refractivity contribution in [3.05, 3.63) is 59.9 Å². The van der Waals surface area contributed by atoms with Crippen LogP contribution < -0.4 is 15.5 Å². The van der Waals surface area contributed by atoms with E-state index in [1.54, 1.807) is 24.3 Å². The first-order chi connectivity index (χ1) is 11.0.